The minimum Gasteiger partial charge on any atom is -0.381 e. The molecule has 0 amide bonds. The highest BCUT2D eigenvalue weighted by Gasteiger charge is 2.37. The number of piperazine rings is 1. The molecule has 1 unspecified atom stereocenters. The van der Waals surface area contributed by atoms with E-state index in [4.69, 9.17) is 4.74 Å². The van der Waals surface area contributed by atoms with Gasteiger partial charge in [0.15, 0.2) is 0 Å². The van der Waals surface area contributed by atoms with Crippen LogP contribution >= 0.6 is 0 Å². The molecule has 1 N–H and O–H groups in total. The molecule has 3 fully saturated rings. The SMILES string of the molecule is C1CN(CC2CCOCC2)C(C2CC2)CN1. The first-order valence-corrected chi connectivity index (χ1v) is 6.96. The van der Waals surface area contributed by atoms with Crippen LogP contribution in [0.2, 0.25) is 0 Å². The van der Waals surface area contributed by atoms with E-state index >= 15 is 0 Å². The van der Waals surface area contributed by atoms with Gasteiger partial charge in [-0.25, -0.2) is 0 Å². The lowest BCUT2D eigenvalue weighted by Crippen LogP contribution is -2.53. The maximum Gasteiger partial charge on any atom is 0.0469 e. The molecule has 3 nitrogen and oxygen atoms in total. The summed E-state index contributed by atoms with van der Waals surface area (Å²) in [6.07, 6.45) is 5.50. The van der Waals surface area contributed by atoms with Gasteiger partial charge in [0, 0.05) is 45.4 Å². The molecule has 1 aliphatic carbocycles. The summed E-state index contributed by atoms with van der Waals surface area (Å²) in [6, 6.07) is 0.844. The van der Waals surface area contributed by atoms with Crippen LogP contribution in [-0.2, 0) is 4.74 Å². The molecule has 3 heteroatoms. The predicted octanol–water partition coefficient (Wildman–Crippen LogP) is 1.10. The zero-order valence-corrected chi connectivity index (χ0v) is 10.2. The van der Waals surface area contributed by atoms with E-state index in [0.717, 1.165) is 31.1 Å². The van der Waals surface area contributed by atoms with Crippen LogP contribution in [-0.4, -0.2) is 50.3 Å². The number of hydrogen-bond acceptors (Lipinski definition) is 3. The molecule has 3 aliphatic rings. The Bertz CT molecular complexity index is 224. The smallest absolute Gasteiger partial charge is 0.0469 e. The Hall–Kier alpha value is -0.120. The highest BCUT2D eigenvalue weighted by molar-refractivity contribution is 4.92. The van der Waals surface area contributed by atoms with Crippen LogP contribution in [0.4, 0.5) is 0 Å². The quantitative estimate of drug-likeness (QED) is 0.777. The van der Waals surface area contributed by atoms with Gasteiger partial charge in [0.25, 0.3) is 0 Å². The van der Waals surface area contributed by atoms with E-state index in [0.29, 0.717) is 0 Å². The van der Waals surface area contributed by atoms with Crippen molar-refractivity contribution in [3.8, 4) is 0 Å². The molecule has 0 bridgehead atoms. The minimum atomic E-state index is 0.844. The van der Waals surface area contributed by atoms with Crippen molar-refractivity contribution >= 4 is 0 Å². The van der Waals surface area contributed by atoms with E-state index in [9.17, 15) is 0 Å². The van der Waals surface area contributed by atoms with Crippen LogP contribution in [0, 0.1) is 11.8 Å². The zero-order chi connectivity index (χ0) is 10.8. The summed E-state index contributed by atoms with van der Waals surface area (Å²) >= 11 is 0. The van der Waals surface area contributed by atoms with Crippen molar-refractivity contribution in [3.05, 3.63) is 0 Å². The van der Waals surface area contributed by atoms with Crippen molar-refractivity contribution in [2.24, 2.45) is 11.8 Å². The molecule has 0 aromatic carbocycles. The Kier molecular flexibility index (Phi) is 3.46. The number of nitrogens with zero attached hydrogens (tertiary/aromatic N) is 1. The predicted molar refractivity (Wildman–Crippen MR) is 64.5 cm³/mol. The van der Waals surface area contributed by atoms with E-state index in [1.54, 1.807) is 0 Å². The van der Waals surface area contributed by atoms with Crippen molar-refractivity contribution in [2.75, 3.05) is 39.4 Å². The van der Waals surface area contributed by atoms with Gasteiger partial charge in [0.05, 0.1) is 0 Å². The van der Waals surface area contributed by atoms with Gasteiger partial charge in [-0.2, -0.15) is 0 Å². The topological polar surface area (TPSA) is 24.5 Å². The number of ether oxygens (including phenoxy) is 1. The van der Waals surface area contributed by atoms with Crippen molar-refractivity contribution in [3.63, 3.8) is 0 Å². The molecule has 0 radical (unpaired) electrons. The Morgan fingerprint density at radius 2 is 1.94 bits per heavy atom. The second kappa shape index (κ2) is 5.03. The van der Waals surface area contributed by atoms with Gasteiger partial charge >= 0.3 is 0 Å². The van der Waals surface area contributed by atoms with Gasteiger partial charge in [-0.1, -0.05) is 0 Å². The third-order valence-electron chi connectivity index (χ3n) is 4.40. The first kappa shape index (κ1) is 11.0. The maximum atomic E-state index is 5.44. The largest absolute Gasteiger partial charge is 0.381 e. The molecule has 0 spiro atoms. The standard InChI is InChI=1S/C13H24N2O/c1-2-12(1)13-9-14-5-6-15(13)10-11-3-7-16-8-4-11/h11-14H,1-10H2. The van der Waals surface area contributed by atoms with Crippen LogP contribution < -0.4 is 5.32 Å². The van der Waals surface area contributed by atoms with E-state index < -0.39 is 0 Å². The van der Waals surface area contributed by atoms with Crippen molar-refractivity contribution in [2.45, 2.75) is 31.7 Å². The monoisotopic (exact) mass is 224 g/mol. The summed E-state index contributed by atoms with van der Waals surface area (Å²) in [6.45, 7) is 6.99. The van der Waals surface area contributed by atoms with E-state index in [1.807, 2.05) is 0 Å². The van der Waals surface area contributed by atoms with Gasteiger partial charge in [-0.3, -0.25) is 4.90 Å². The first-order chi connectivity index (χ1) is 7.93. The average Bonchev–Trinajstić information content (AvgIpc) is 3.15. The lowest BCUT2D eigenvalue weighted by Gasteiger charge is -2.39. The maximum absolute atomic E-state index is 5.44. The molecule has 16 heavy (non-hydrogen) atoms. The van der Waals surface area contributed by atoms with Gasteiger partial charge in [-0.05, 0) is 37.5 Å². The zero-order valence-electron chi connectivity index (χ0n) is 10.2. The molecular weight excluding hydrogens is 200 g/mol. The highest BCUT2D eigenvalue weighted by Crippen LogP contribution is 2.36. The average molecular weight is 224 g/mol. The molecule has 0 aromatic heterocycles. The van der Waals surface area contributed by atoms with Crippen LogP contribution in [0.15, 0.2) is 0 Å². The molecule has 2 heterocycles. The second-order valence-corrected chi connectivity index (χ2v) is 5.66. The Morgan fingerprint density at radius 3 is 2.69 bits per heavy atom. The molecule has 92 valence electrons. The molecule has 1 saturated carbocycles. The summed E-state index contributed by atoms with van der Waals surface area (Å²) in [5, 5.41) is 3.56. The lowest BCUT2D eigenvalue weighted by atomic mass is 9.97. The van der Waals surface area contributed by atoms with E-state index in [2.05, 4.69) is 10.2 Å². The van der Waals surface area contributed by atoms with Gasteiger partial charge in [0.1, 0.15) is 0 Å². The summed E-state index contributed by atoms with van der Waals surface area (Å²) < 4.78 is 5.44. The molecule has 3 rings (SSSR count). The van der Waals surface area contributed by atoms with Gasteiger partial charge in [0.2, 0.25) is 0 Å². The highest BCUT2D eigenvalue weighted by atomic mass is 16.5. The molecular formula is C13H24N2O. The van der Waals surface area contributed by atoms with Crippen LogP contribution in [0.3, 0.4) is 0 Å². The number of rotatable bonds is 3. The van der Waals surface area contributed by atoms with Crippen LogP contribution in [0.25, 0.3) is 0 Å². The van der Waals surface area contributed by atoms with Gasteiger partial charge in [-0.15, -0.1) is 0 Å². The van der Waals surface area contributed by atoms with Crippen LogP contribution in [0.1, 0.15) is 25.7 Å². The normalized spacial score (nSPS) is 34.1. The van der Waals surface area contributed by atoms with Crippen molar-refractivity contribution < 1.29 is 4.74 Å². The van der Waals surface area contributed by atoms with Crippen molar-refractivity contribution in [1.29, 1.82) is 0 Å². The fraction of sp³-hybridized carbons (Fsp3) is 1.00. The summed E-state index contributed by atoms with van der Waals surface area (Å²) in [4.78, 5) is 2.77. The summed E-state index contributed by atoms with van der Waals surface area (Å²) in [7, 11) is 0. The number of nitrogens with one attached hydrogen (secondary N) is 1. The Labute approximate surface area is 98.5 Å². The third-order valence-corrected chi connectivity index (χ3v) is 4.40. The molecule has 2 saturated heterocycles. The second-order valence-electron chi connectivity index (χ2n) is 5.66. The molecule has 2 aliphatic heterocycles. The Morgan fingerprint density at radius 1 is 1.12 bits per heavy atom. The van der Waals surface area contributed by atoms with Crippen molar-refractivity contribution in [1.82, 2.24) is 10.2 Å². The fourth-order valence-corrected chi connectivity index (χ4v) is 3.20. The molecule has 1 atom stereocenters. The Balaban J connectivity index is 1.53. The number of hydrogen-bond donors (Lipinski definition) is 1. The summed E-state index contributed by atoms with van der Waals surface area (Å²) in [5.74, 6) is 1.90. The fourth-order valence-electron chi connectivity index (χ4n) is 3.20. The summed E-state index contributed by atoms with van der Waals surface area (Å²) in [5.41, 5.74) is 0. The van der Waals surface area contributed by atoms with Crippen LogP contribution in [0.5, 0.6) is 0 Å². The third kappa shape index (κ3) is 2.58. The van der Waals surface area contributed by atoms with Gasteiger partial charge < -0.3 is 10.1 Å². The van der Waals surface area contributed by atoms with E-state index in [1.165, 1.54) is 51.9 Å². The molecule has 0 aromatic rings. The lowest BCUT2D eigenvalue weighted by molar-refractivity contribution is 0.0381. The van der Waals surface area contributed by atoms with E-state index in [-0.39, 0.29) is 0 Å². The first-order valence-electron chi connectivity index (χ1n) is 6.96. The minimum absolute atomic E-state index is 0.844.